The number of rotatable bonds is 4. The number of aliphatic hydroxyl groups is 1. The topological polar surface area (TPSA) is 50.9 Å². The largest absolute Gasteiger partial charge is 0.388 e. The van der Waals surface area contributed by atoms with Crippen LogP contribution in [0.4, 0.5) is 0 Å². The van der Waals surface area contributed by atoms with Crippen molar-refractivity contribution in [1.29, 1.82) is 0 Å². The second-order valence-corrected chi connectivity index (χ2v) is 4.63. The summed E-state index contributed by atoms with van der Waals surface area (Å²) in [4.78, 5) is 4.15. The van der Waals surface area contributed by atoms with Crippen LogP contribution in [0.2, 0.25) is 5.02 Å². The zero-order chi connectivity index (χ0) is 13.1. The predicted molar refractivity (Wildman–Crippen MR) is 70.5 cm³/mol. The van der Waals surface area contributed by atoms with Crippen molar-refractivity contribution in [2.45, 2.75) is 32.9 Å². The summed E-state index contributed by atoms with van der Waals surface area (Å²) in [6.45, 7) is 4.68. The smallest absolute Gasteiger partial charge is 0.138 e. The zero-order valence-corrected chi connectivity index (χ0v) is 11.2. The van der Waals surface area contributed by atoms with E-state index in [2.05, 4.69) is 10.1 Å². The molecule has 0 saturated carbocycles. The first-order chi connectivity index (χ1) is 8.61. The van der Waals surface area contributed by atoms with Gasteiger partial charge in [0.25, 0.3) is 0 Å². The van der Waals surface area contributed by atoms with E-state index in [-0.39, 0.29) is 0 Å². The van der Waals surface area contributed by atoms with Gasteiger partial charge < -0.3 is 5.11 Å². The lowest BCUT2D eigenvalue weighted by Crippen LogP contribution is -2.09. The van der Waals surface area contributed by atoms with Crippen molar-refractivity contribution in [3.63, 3.8) is 0 Å². The van der Waals surface area contributed by atoms with Crippen LogP contribution in [-0.4, -0.2) is 19.9 Å². The maximum absolute atomic E-state index is 10.2. The first-order valence-corrected chi connectivity index (χ1v) is 6.30. The van der Waals surface area contributed by atoms with Crippen LogP contribution in [0.3, 0.4) is 0 Å². The highest BCUT2D eigenvalue weighted by atomic mass is 35.5. The Hall–Kier alpha value is -1.39. The SMILES string of the molecule is CCn1ncnc1CC(O)c1ccc(C)c(Cl)c1. The predicted octanol–water partition coefficient (Wildman–Crippen LogP) is 2.54. The molecule has 1 unspecified atom stereocenters. The molecule has 96 valence electrons. The summed E-state index contributed by atoms with van der Waals surface area (Å²) in [5, 5.41) is 14.9. The number of halogens is 1. The Balaban J connectivity index is 2.16. The van der Waals surface area contributed by atoms with Crippen LogP contribution in [0.15, 0.2) is 24.5 Å². The molecule has 0 aliphatic carbocycles. The molecule has 0 bridgehead atoms. The number of aryl methyl sites for hydroxylation is 2. The average molecular weight is 266 g/mol. The van der Waals surface area contributed by atoms with Crippen molar-refractivity contribution >= 4 is 11.6 Å². The quantitative estimate of drug-likeness (QED) is 0.924. The fraction of sp³-hybridized carbons (Fsp3) is 0.385. The summed E-state index contributed by atoms with van der Waals surface area (Å²) in [5.74, 6) is 0.779. The van der Waals surface area contributed by atoms with E-state index in [1.807, 2.05) is 26.0 Å². The number of hydrogen-bond donors (Lipinski definition) is 1. The van der Waals surface area contributed by atoms with Crippen LogP contribution < -0.4 is 0 Å². The van der Waals surface area contributed by atoms with Gasteiger partial charge in [-0.1, -0.05) is 23.7 Å². The fourth-order valence-electron chi connectivity index (χ4n) is 1.82. The van der Waals surface area contributed by atoms with Crippen LogP contribution >= 0.6 is 11.6 Å². The van der Waals surface area contributed by atoms with Crippen molar-refractivity contribution < 1.29 is 5.11 Å². The Morgan fingerprint density at radius 2 is 2.22 bits per heavy atom. The summed E-state index contributed by atoms with van der Waals surface area (Å²) in [7, 11) is 0. The standard InChI is InChI=1S/C13H16ClN3O/c1-3-17-13(15-8-16-17)7-12(18)10-5-4-9(2)11(14)6-10/h4-6,8,12,18H,3,7H2,1-2H3. The highest BCUT2D eigenvalue weighted by molar-refractivity contribution is 6.31. The summed E-state index contributed by atoms with van der Waals surface area (Å²) < 4.78 is 1.78. The molecule has 2 rings (SSSR count). The molecule has 1 aromatic carbocycles. The molecule has 1 N–H and O–H groups in total. The van der Waals surface area contributed by atoms with Gasteiger partial charge >= 0.3 is 0 Å². The summed E-state index contributed by atoms with van der Waals surface area (Å²) >= 11 is 6.05. The third-order valence-corrected chi connectivity index (χ3v) is 3.36. The fourth-order valence-corrected chi connectivity index (χ4v) is 2.01. The number of nitrogens with zero attached hydrogens (tertiary/aromatic N) is 3. The number of hydrogen-bond acceptors (Lipinski definition) is 3. The van der Waals surface area contributed by atoms with Gasteiger partial charge in [-0.15, -0.1) is 0 Å². The number of benzene rings is 1. The van der Waals surface area contributed by atoms with Crippen LogP contribution in [0.25, 0.3) is 0 Å². The van der Waals surface area contributed by atoms with E-state index < -0.39 is 6.10 Å². The molecule has 4 nitrogen and oxygen atoms in total. The Kier molecular flexibility index (Phi) is 3.99. The number of aromatic nitrogens is 3. The second kappa shape index (κ2) is 5.50. The number of aliphatic hydroxyl groups excluding tert-OH is 1. The van der Waals surface area contributed by atoms with Gasteiger partial charge in [-0.2, -0.15) is 5.10 Å². The van der Waals surface area contributed by atoms with E-state index in [0.717, 1.165) is 23.5 Å². The average Bonchev–Trinajstić information content (AvgIpc) is 2.79. The van der Waals surface area contributed by atoms with Gasteiger partial charge in [-0.3, -0.25) is 4.68 Å². The first-order valence-electron chi connectivity index (χ1n) is 5.92. The molecule has 0 spiro atoms. The molecule has 18 heavy (non-hydrogen) atoms. The zero-order valence-electron chi connectivity index (χ0n) is 10.5. The third kappa shape index (κ3) is 2.71. The van der Waals surface area contributed by atoms with Crippen molar-refractivity contribution in [3.8, 4) is 0 Å². The Bertz CT molecular complexity index is 539. The van der Waals surface area contributed by atoms with Crippen LogP contribution in [0.5, 0.6) is 0 Å². The van der Waals surface area contributed by atoms with Gasteiger partial charge in [0, 0.05) is 18.0 Å². The van der Waals surface area contributed by atoms with Crippen molar-refractivity contribution in [1.82, 2.24) is 14.8 Å². The van der Waals surface area contributed by atoms with E-state index in [9.17, 15) is 5.11 Å². The highest BCUT2D eigenvalue weighted by Crippen LogP contribution is 2.23. The van der Waals surface area contributed by atoms with Gasteiger partial charge in [-0.05, 0) is 31.0 Å². The third-order valence-electron chi connectivity index (χ3n) is 2.95. The monoisotopic (exact) mass is 265 g/mol. The van der Waals surface area contributed by atoms with E-state index in [1.165, 1.54) is 6.33 Å². The molecule has 0 aliphatic heterocycles. The lowest BCUT2D eigenvalue weighted by molar-refractivity contribution is 0.174. The van der Waals surface area contributed by atoms with Crippen LogP contribution in [0.1, 0.15) is 30.0 Å². The summed E-state index contributed by atoms with van der Waals surface area (Å²) in [6, 6.07) is 5.60. The minimum Gasteiger partial charge on any atom is -0.388 e. The lowest BCUT2D eigenvalue weighted by atomic mass is 10.0. The Morgan fingerprint density at radius 1 is 1.44 bits per heavy atom. The lowest BCUT2D eigenvalue weighted by Gasteiger charge is -2.12. The molecule has 0 radical (unpaired) electrons. The van der Waals surface area contributed by atoms with Gasteiger partial charge in [0.05, 0.1) is 6.10 Å². The molecule has 1 heterocycles. The molecule has 1 aromatic heterocycles. The van der Waals surface area contributed by atoms with E-state index in [1.54, 1.807) is 10.7 Å². The first kappa shape index (κ1) is 13.1. The molecule has 0 aliphatic rings. The molecular formula is C13H16ClN3O. The van der Waals surface area contributed by atoms with Crippen molar-refractivity contribution in [3.05, 3.63) is 46.5 Å². The molecule has 5 heteroatoms. The molecule has 0 saturated heterocycles. The second-order valence-electron chi connectivity index (χ2n) is 4.22. The van der Waals surface area contributed by atoms with Gasteiger partial charge in [0.2, 0.25) is 0 Å². The Labute approximate surface area is 111 Å². The summed E-state index contributed by atoms with van der Waals surface area (Å²) in [5.41, 5.74) is 1.81. The van der Waals surface area contributed by atoms with Gasteiger partial charge in [-0.25, -0.2) is 4.98 Å². The van der Waals surface area contributed by atoms with Gasteiger partial charge in [0.1, 0.15) is 12.2 Å². The van der Waals surface area contributed by atoms with E-state index in [0.29, 0.717) is 11.4 Å². The maximum atomic E-state index is 10.2. The van der Waals surface area contributed by atoms with E-state index >= 15 is 0 Å². The van der Waals surface area contributed by atoms with Crippen LogP contribution in [0, 0.1) is 6.92 Å². The molecule has 0 amide bonds. The normalized spacial score (nSPS) is 12.7. The molecular weight excluding hydrogens is 250 g/mol. The van der Waals surface area contributed by atoms with E-state index in [4.69, 9.17) is 11.6 Å². The molecule has 0 fully saturated rings. The van der Waals surface area contributed by atoms with Gasteiger partial charge in [0.15, 0.2) is 0 Å². The minimum atomic E-state index is -0.613. The minimum absolute atomic E-state index is 0.438. The Morgan fingerprint density at radius 3 is 2.89 bits per heavy atom. The van der Waals surface area contributed by atoms with Crippen LogP contribution in [-0.2, 0) is 13.0 Å². The molecule has 2 aromatic rings. The summed E-state index contributed by atoms with van der Waals surface area (Å²) in [6.07, 6.45) is 1.33. The molecule has 1 atom stereocenters. The maximum Gasteiger partial charge on any atom is 0.138 e. The highest BCUT2D eigenvalue weighted by Gasteiger charge is 2.13. The van der Waals surface area contributed by atoms with Crippen molar-refractivity contribution in [2.75, 3.05) is 0 Å². The van der Waals surface area contributed by atoms with Crippen molar-refractivity contribution in [2.24, 2.45) is 0 Å².